The molecular formula is C29H27N3O2. The molecule has 0 fully saturated rings. The Morgan fingerprint density at radius 1 is 0.824 bits per heavy atom. The summed E-state index contributed by atoms with van der Waals surface area (Å²) >= 11 is 0. The molecule has 1 aliphatic carbocycles. The first-order valence-electron chi connectivity index (χ1n) is 11.7. The number of aryl methyl sites for hydroxylation is 4. The van der Waals surface area contributed by atoms with Crippen molar-refractivity contribution in [2.75, 3.05) is 5.32 Å². The smallest absolute Gasteiger partial charge is 0.229 e. The fourth-order valence-corrected chi connectivity index (χ4v) is 4.47. The van der Waals surface area contributed by atoms with Gasteiger partial charge in [-0.05, 0) is 47.9 Å². The Morgan fingerprint density at radius 2 is 1.56 bits per heavy atom. The van der Waals surface area contributed by atoms with Crippen LogP contribution in [0.25, 0.3) is 11.3 Å². The van der Waals surface area contributed by atoms with Crippen molar-refractivity contribution in [3.63, 3.8) is 0 Å². The third-order valence-electron chi connectivity index (χ3n) is 6.24. The topological polar surface area (TPSA) is 75.1 Å². The second kappa shape index (κ2) is 9.98. The lowest BCUT2D eigenvalue weighted by atomic mass is 9.90. The zero-order chi connectivity index (χ0) is 23.3. The Hall–Kier alpha value is -3.83. The molecule has 0 saturated heterocycles. The monoisotopic (exact) mass is 449 g/mol. The number of fused-ring (bicyclic) bond motifs is 3. The summed E-state index contributed by atoms with van der Waals surface area (Å²) in [6.07, 6.45) is 3.38. The summed E-state index contributed by atoms with van der Waals surface area (Å²) in [4.78, 5) is 22.8. The highest BCUT2D eigenvalue weighted by atomic mass is 16.3. The fourth-order valence-electron chi connectivity index (χ4n) is 4.47. The van der Waals surface area contributed by atoms with E-state index in [-0.39, 0.29) is 12.5 Å². The molecule has 170 valence electrons. The number of aromatic nitrogens is 2. The molecular weight excluding hydrogens is 422 g/mol. The number of carbonyl (C=O) groups excluding carboxylic acids is 1. The van der Waals surface area contributed by atoms with E-state index in [1.807, 2.05) is 60.7 Å². The average Bonchev–Trinajstić information content (AvgIpc) is 2.88. The Morgan fingerprint density at radius 3 is 2.29 bits per heavy atom. The first-order chi connectivity index (χ1) is 16.7. The number of hydrogen-bond donors (Lipinski definition) is 2. The predicted octanol–water partition coefficient (Wildman–Crippen LogP) is 4.70. The number of amides is 1. The quantitative estimate of drug-likeness (QED) is 0.429. The maximum atomic E-state index is 12.8. The van der Waals surface area contributed by atoms with Crippen LogP contribution in [0.15, 0.2) is 78.9 Å². The molecule has 1 aliphatic rings. The molecule has 0 aliphatic heterocycles. The zero-order valence-corrected chi connectivity index (χ0v) is 19.0. The number of aliphatic hydroxyl groups is 1. The molecule has 0 radical (unpaired) electrons. The van der Waals surface area contributed by atoms with Gasteiger partial charge in [-0.25, -0.2) is 9.97 Å². The number of carbonyl (C=O) groups is 1. The number of nitrogens with one attached hydrogen (secondary N) is 1. The van der Waals surface area contributed by atoms with Crippen molar-refractivity contribution >= 4 is 11.7 Å². The molecule has 5 rings (SSSR count). The molecule has 34 heavy (non-hydrogen) atoms. The lowest BCUT2D eigenvalue weighted by Gasteiger charge is -2.21. The Balaban J connectivity index is 1.47. The molecule has 1 aromatic heterocycles. The van der Waals surface area contributed by atoms with E-state index < -0.39 is 0 Å². The maximum Gasteiger partial charge on any atom is 0.229 e. The first-order valence-corrected chi connectivity index (χ1v) is 11.7. The molecule has 5 heteroatoms. The van der Waals surface area contributed by atoms with E-state index in [9.17, 15) is 9.90 Å². The number of nitrogens with zero attached hydrogens (tertiary/aromatic N) is 2. The van der Waals surface area contributed by atoms with E-state index in [1.54, 1.807) is 0 Å². The molecule has 4 aromatic rings. The van der Waals surface area contributed by atoms with Gasteiger partial charge in [0.25, 0.3) is 0 Å². The third-order valence-corrected chi connectivity index (χ3v) is 6.24. The van der Waals surface area contributed by atoms with Crippen molar-refractivity contribution < 1.29 is 9.90 Å². The van der Waals surface area contributed by atoms with Gasteiger partial charge < -0.3 is 10.4 Å². The van der Waals surface area contributed by atoms with E-state index >= 15 is 0 Å². The second-order valence-electron chi connectivity index (χ2n) is 8.66. The fraction of sp³-hybridized carbons (Fsp3) is 0.207. The van der Waals surface area contributed by atoms with Gasteiger partial charge in [-0.2, -0.15) is 0 Å². The van der Waals surface area contributed by atoms with Crippen LogP contribution in [-0.4, -0.2) is 21.0 Å². The zero-order valence-electron chi connectivity index (χ0n) is 19.0. The number of anilines is 1. The molecule has 5 nitrogen and oxygen atoms in total. The van der Waals surface area contributed by atoms with Gasteiger partial charge in [-0.3, -0.25) is 4.79 Å². The second-order valence-corrected chi connectivity index (χ2v) is 8.66. The summed E-state index contributed by atoms with van der Waals surface area (Å²) < 4.78 is 0. The number of aliphatic hydroxyl groups excluding tert-OH is 1. The van der Waals surface area contributed by atoms with Crippen LogP contribution in [-0.2, 0) is 43.5 Å². The van der Waals surface area contributed by atoms with Gasteiger partial charge in [0.15, 0.2) is 5.82 Å². The minimum absolute atomic E-state index is 0.0283. The third kappa shape index (κ3) is 4.90. The van der Waals surface area contributed by atoms with Gasteiger partial charge in [-0.15, -0.1) is 0 Å². The van der Waals surface area contributed by atoms with Crippen LogP contribution >= 0.6 is 0 Å². The minimum atomic E-state index is -0.0924. The van der Waals surface area contributed by atoms with Crippen LogP contribution in [0.2, 0.25) is 0 Å². The van der Waals surface area contributed by atoms with Crippen LogP contribution in [0.3, 0.4) is 0 Å². The molecule has 1 heterocycles. The Labute approximate surface area is 199 Å². The molecule has 1 amide bonds. The standard InChI is InChI=1S/C29H27N3O2/c33-19-22-11-14-24-23(17-22)13-16-25-28(24)30-26(15-12-20-7-3-1-4-8-20)29(31-25)32-27(34)18-21-9-5-2-6-10-21/h1-11,14,17,33H,12-13,15-16,18-19H2,(H,31,32,34). The summed E-state index contributed by atoms with van der Waals surface area (Å²) in [6.45, 7) is 0.0283. The summed E-state index contributed by atoms with van der Waals surface area (Å²) in [7, 11) is 0. The van der Waals surface area contributed by atoms with Gasteiger partial charge >= 0.3 is 0 Å². The number of rotatable bonds is 7. The van der Waals surface area contributed by atoms with Crippen molar-refractivity contribution in [1.29, 1.82) is 0 Å². The molecule has 0 unspecified atom stereocenters. The molecule has 0 bridgehead atoms. The maximum absolute atomic E-state index is 12.8. The lowest BCUT2D eigenvalue weighted by Crippen LogP contribution is -2.20. The van der Waals surface area contributed by atoms with Crippen LogP contribution in [0.1, 0.15) is 33.6 Å². The highest BCUT2D eigenvalue weighted by Gasteiger charge is 2.22. The Kier molecular flexibility index (Phi) is 6.45. The van der Waals surface area contributed by atoms with Gasteiger partial charge in [0, 0.05) is 5.56 Å². The van der Waals surface area contributed by atoms with E-state index in [1.165, 1.54) is 11.1 Å². The van der Waals surface area contributed by atoms with E-state index in [2.05, 4.69) is 23.5 Å². The first kappa shape index (κ1) is 22.0. The minimum Gasteiger partial charge on any atom is -0.392 e. The normalized spacial score (nSPS) is 12.0. The Bertz CT molecular complexity index is 1300. The highest BCUT2D eigenvalue weighted by Crippen LogP contribution is 2.33. The SMILES string of the molecule is O=C(Cc1ccccc1)Nc1nc2c(nc1CCc1ccccc1)-c1ccc(CO)cc1CC2. The average molecular weight is 450 g/mol. The molecule has 2 N–H and O–H groups in total. The number of benzene rings is 3. The van der Waals surface area contributed by atoms with Crippen molar-refractivity contribution in [3.05, 3.63) is 113 Å². The highest BCUT2D eigenvalue weighted by molar-refractivity contribution is 5.92. The van der Waals surface area contributed by atoms with Gasteiger partial charge in [0.05, 0.1) is 30.1 Å². The van der Waals surface area contributed by atoms with Crippen LogP contribution in [0.4, 0.5) is 5.82 Å². The van der Waals surface area contributed by atoms with E-state index in [4.69, 9.17) is 9.97 Å². The lowest BCUT2D eigenvalue weighted by molar-refractivity contribution is -0.115. The molecule has 0 saturated carbocycles. The molecule has 3 aromatic carbocycles. The van der Waals surface area contributed by atoms with Crippen molar-refractivity contribution in [3.8, 4) is 11.3 Å². The van der Waals surface area contributed by atoms with Crippen molar-refractivity contribution in [2.45, 2.75) is 38.7 Å². The summed E-state index contributed by atoms with van der Waals surface area (Å²) in [6, 6.07) is 26.0. The largest absolute Gasteiger partial charge is 0.392 e. The summed E-state index contributed by atoms with van der Waals surface area (Å²) in [5, 5.41) is 12.6. The van der Waals surface area contributed by atoms with Crippen molar-refractivity contribution in [2.24, 2.45) is 0 Å². The predicted molar refractivity (Wildman–Crippen MR) is 133 cm³/mol. The van der Waals surface area contributed by atoms with Gasteiger partial charge in [-0.1, -0.05) is 78.9 Å². The van der Waals surface area contributed by atoms with Crippen molar-refractivity contribution in [1.82, 2.24) is 9.97 Å². The summed E-state index contributed by atoms with van der Waals surface area (Å²) in [5.41, 5.74) is 7.92. The number of hydrogen-bond acceptors (Lipinski definition) is 4. The molecule has 0 spiro atoms. The van der Waals surface area contributed by atoms with Crippen LogP contribution in [0, 0.1) is 0 Å². The van der Waals surface area contributed by atoms with Gasteiger partial charge in [0.1, 0.15) is 0 Å². The van der Waals surface area contributed by atoms with Crippen LogP contribution < -0.4 is 5.32 Å². The summed E-state index contributed by atoms with van der Waals surface area (Å²) in [5.74, 6) is 0.469. The molecule has 0 atom stereocenters. The van der Waals surface area contributed by atoms with E-state index in [0.717, 1.165) is 53.0 Å². The van der Waals surface area contributed by atoms with Gasteiger partial charge in [0.2, 0.25) is 5.91 Å². The van der Waals surface area contributed by atoms with Crippen LogP contribution in [0.5, 0.6) is 0 Å². The van der Waals surface area contributed by atoms with E-state index in [0.29, 0.717) is 18.7 Å².